The molecular formula is C42H70O5. The second-order valence-corrected chi connectivity index (χ2v) is 13.6. The van der Waals surface area contributed by atoms with Crippen LogP contribution in [-0.4, -0.2) is 23.0 Å². The Balaban J connectivity index is 2.23. The summed E-state index contributed by atoms with van der Waals surface area (Å²) in [6, 6.07) is 4.48. The minimum atomic E-state index is -1.02. The highest BCUT2D eigenvalue weighted by Gasteiger charge is 2.18. The standard InChI is InChI=1S/C42H70O5/c1-3-5-7-9-11-13-15-17-19-21-23-25-27-29-31-33-40(43)47-42(46)39-35-34-38(41(44)45)36-37(39)32-30-28-26-24-22-20-18-16-14-12-10-8-6-4-2/h17,19,34-36H,3-16,18,20-33H2,1-2H3,(H,44,45). The third-order valence-electron chi connectivity index (χ3n) is 9.22. The molecule has 0 atom stereocenters. The summed E-state index contributed by atoms with van der Waals surface area (Å²) in [7, 11) is 0. The highest BCUT2D eigenvalue weighted by molar-refractivity contribution is 5.99. The number of ether oxygens (including phenoxy) is 1. The Morgan fingerprint density at radius 2 is 1.00 bits per heavy atom. The summed E-state index contributed by atoms with van der Waals surface area (Å²) < 4.78 is 5.19. The van der Waals surface area contributed by atoms with Crippen molar-refractivity contribution < 1.29 is 24.2 Å². The molecule has 47 heavy (non-hydrogen) atoms. The van der Waals surface area contributed by atoms with Crippen molar-refractivity contribution in [3.8, 4) is 0 Å². The van der Waals surface area contributed by atoms with Crippen molar-refractivity contribution in [1.82, 2.24) is 0 Å². The van der Waals surface area contributed by atoms with Crippen molar-refractivity contribution in [2.24, 2.45) is 0 Å². The number of esters is 2. The number of carboxylic acid groups (broad SMARTS) is 1. The molecule has 0 aromatic heterocycles. The molecule has 5 heteroatoms. The van der Waals surface area contributed by atoms with Crippen LogP contribution in [0.25, 0.3) is 0 Å². The fraction of sp³-hybridized carbons (Fsp3) is 0.738. The van der Waals surface area contributed by atoms with Gasteiger partial charge in [0.05, 0.1) is 11.1 Å². The van der Waals surface area contributed by atoms with E-state index in [9.17, 15) is 19.5 Å². The number of hydrogen-bond donors (Lipinski definition) is 1. The van der Waals surface area contributed by atoms with E-state index in [0.717, 1.165) is 44.9 Å². The first-order chi connectivity index (χ1) is 23.0. The average molecular weight is 655 g/mol. The van der Waals surface area contributed by atoms with Crippen LogP contribution < -0.4 is 0 Å². The second kappa shape index (κ2) is 30.9. The molecule has 0 saturated heterocycles. The van der Waals surface area contributed by atoms with E-state index in [2.05, 4.69) is 26.0 Å². The van der Waals surface area contributed by atoms with E-state index in [4.69, 9.17) is 4.74 Å². The first-order valence-corrected chi connectivity index (χ1v) is 19.8. The molecule has 0 radical (unpaired) electrons. The third kappa shape index (κ3) is 24.4. The van der Waals surface area contributed by atoms with Gasteiger partial charge in [0, 0.05) is 6.42 Å². The van der Waals surface area contributed by atoms with E-state index in [1.807, 2.05) is 0 Å². The van der Waals surface area contributed by atoms with Gasteiger partial charge in [-0.05, 0) is 68.7 Å². The van der Waals surface area contributed by atoms with E-state index in [1.54, 1.807) is 6.07 Å². The van der Waals surface area contributed by atoms with Crippen LogP contribution in [0, 0.1) is 0 Å². The predicted octanol–water partition coefficient (Wildman–Crippen LogP) is 13.1. The molecule has 0 saturated carbocycles. The van der Waals surface area contributed by atoms with Gasteiger partial charge in [0.2, 0.25) is 0 Å². The molecule has 0 bridgehead atoms. The summed E-state index contributed by atoms with van der Waals surface area (Å²) >= 11 is 0. The summed E-state index contributed by atoms with van der Waals surface area (Å²) in [5.41, 5.74) is 1.12. The van der Waals surface area contributed by atoms with Crippen molar-refractivity contribution >= 4 is 17.9 Å². The summed E-state index contributed by atoms with van der Waals surface area (Å²) in [4.78, 5) is 36.8. The SMILES string of the molecule is CCCCCCCCC=CCCCCCCCC(=O)OC(=O)c1ccc(C(=O)O)cc1CCCCCCCCCCCCCCCC. The lowest BCUT2D eigenvalue weighted by Crippen LogP contribution is -2.15. The largest absolute Gasteiger partial charge is 0.478 e. The first-order valence-electron chi connectivity index (χ1n) is 19.8. The molecule has 5 nitrogen and oxygen atoms in total. The number of hydrogen-bond acceptors (Lipinski definition) is 4. The second-order valence-electron chi connectivity index (χ2n) is 13.6. The smallest absolute Gasteiger partial charge is 0.346 e. The fourth-order valence-corrected chi connectivity index (χ4v) is 6.19. The van der Waals surface area contributed by atoms with Gasteiger partial charge in [-0.15, -0.1) is 0 Å². The average Bonchev–Trinajstić information content (AvgIpc) is 3.06. The summed E-state index contributed by atoms with van der Waals surface area (Å²) in [6.45, 7) is 4.51. The highest BCUT2D eigenvalue weighted by Crippen LogP contribution is 2.19. The maximum atomic E-state index is 12.9. The topological polar surface area (TPSA) is 80.7 Å². The van der Waals surface area contributed by atoms with Crippen LogP contribution in [0.5, 0.6) is 0 Å². The predicted molar refractivity (Wildman–Crippen MR) is 197 cm³/mol. The molecule has 1 aromatic carbocycles. The first kappa shape index (κ1) is 42.6. The molecule has 0 amide bonds. The fourth-order valence-electron chi connectivity index (χ4n) is 6.19. The van der Waals surface area contributed by atoms with Gasteiger partial charge in [0.25, 0.3) is 0 Å². The van der Waals surface area contributed by atoms with Crippen molar-refractivity contribution in [2.75, 3.05) is 0 Å². The van der Waals surface area contributed by atoms with Crippen LogP contribution >= 0.6 is 0 Å². The van der Waals surface area contributed by atoms with Gasteiger partial charge in [-0.1, -0.05) is 161 Å². The molecule has 0 aliphatic heterocycles. The molecule has 0 heterocycles. The molecule has 1 N–H and O–H groups in total. The van der Waals surface area contributed by atoms with E-state index in [1.165, 1.54) is 134 Å². The zero-order chi connectivity index (χ0) is 34.2. The molecule has 268 valence electrons. The van der Waals surface area contributed by atoms with Crippen LogP contribution in [-0.2, 0) is 16.0 Å². The number of allylic oxidation sites excluding steroid dienone is 2. The Labute approximate surface area is 288 Å². The summed E-state index contributed by atoms with van der Waals surface area (Å²) in [5.74, 6) is -2.19. The minimum absolute atomic E-state index is 0.154. The molecule has 1 aromatic rings. The Kier molecular flexibility index (Phi) is 28.0. The maximum Gasteiger partial charge on any atom is 0.346 e. The molecule has 0 aliphatic carbocycles. The van der Waals surface area contributed by atoms with Crippen molar-refractivity contribution in [2.45, 2.75) is 200 Å². The quantitative estimate of drug-likeness (QED) is 0.0362. The van der Waals surface area contributed by atoms with E-state index >= 15 is 0 Å². The molecule has 0 aliphatic rings. The highest BCUT2D eigenvalue weighted by atomic mass is 16.6. The normalized spacial score (nSPS) is 11.4. The number of rotatable bonds is 32. The molecular weight excluding hydrogens is 584 g/mol. The van der Waals surface area contributed by atoms with Gasteiger partial charge in [0.15, 0.2) is 0 Å². The number of aromatic carboxylic acids is 1. The monoisotopic (exact) mass is 655 g/mol. The molecule has 0 fully saturated rings. The zero-order valence-corrected chi connectivity index (χ0v) is 30.5. The van der Waals surface area contributed by atoms with Crippen LogP contribution in [0.2, 0.25) is 0 Å². The van der Waals surface area contributed by atoms with Gasteiger partial charge < -0.3 is 9.84 Å². The van der Waals surface area contributed by atoms with Crippen molar-refractivity contribution in [1.29, 1.82) is 0 Å². The summed E-state index contributed by atoms with van der Waals surface area (Å²) in [5, 5.41) is 9.47. The Bertz CT molecular complexity index is 966. The van der Waals surface area contributed by atoms with Gasteiger partial charge >= 0.3 is 17.9 Å². The number of benzene rings is 1. The number of carbonyl (C=O) groups is 3. The number of unbranched alkanes of at least 4 members (excludes halogenated alkanes) is 24. The van der Waals surface area contributed by atoms with Gasteiger partial charge in [-0.2, -0.15) is 0 Å². The van der Waals surface area contributed by atoms with E-state index < -0.39 is 17.9 Å². The van der Waals surface area contributed by atoms with Crippen molar-refractivity contribution in [3.63, 3.8) is 0 Å². The van der Waals surface area contributed by atoms with Crippen LogP contribution in [0.4, 0.5) is 0 Å². The molecule has 0 unspecified atom stereocenters. The van der Waals surface area contributed by atoms with Crippen molar-refractivity contribution in [3.05, 3.63) is 47.0 Å². The van der Waals surface area contributed by atoms with E-state index in [0.29, 0.717) is 24.0 Å². The Morgan fingerprint density at radius 1 is 0.574 bits per heavy atom. The van der Waals surface area contributed by atoms with Crippen LogP contribution in [0.15, 0.2) is 30.4 Å². The lowest BCUT2D eigenvalue weighted by Gasteiger charge is -2.10. The zero-order valence-electron chi connectivity index (χ0n) is 30.5. The molecule has 1 rings (SSSR count). The Hall–Kier alpha value is -2.43. The lowest BCUT2D eigenvalue weighted by molar-refractivity contribution is -0.138. The van der Waals surface area contributed by atoms with E-state index in [-0.39, 0.29) is 12.0 Å². The number of carboxylic acids is 1. The minimum Gasteiger partial charge on any atom is -0.478 e. The maximum absolute atomic E-state index is 12.9. The van der Waals surface area contributed by atoms with Crippen LogP contribution in [0.3, 0.4) is 0 Å². The number of carbonyl (C=O) groups excluding carboxylic acids is 2. The van der Waals surface area contributed by atoms with Crippen LogP contribution in [0.1, 0.15) is 220 Å². The Morgan fingerprint density at radius 3 is 1.47 bits per heavy atom. The van der Waals surface area contributed by atoms with Gasteiger partial charge in [-0.25, -0.2) is 9.59 Å². The van der Waals surface area contributed by atoms with Gasteiger partial charge in [0.1, 0.15) is 0 Å². The number of aryl methyl sites for hydroxylation is 1. The van der Waals surface area contributed by atoms with Gasteiger partial charge in [-0.3, -0.25) is 4.79 Å². The molecule has 0 spiro atoms. The summed E-state index contributed by atoms with van der Waals surface area (Å²) in [6.07, 6.45) is 38.6. The lowest BCUT2D eigenvalue weighted by atomic mass is 9.97. The third-order valence-corrected chi connectivity index (χ3v) is 9.22.